The monoisotopic (exact) mass is 510 g/mol. The number of thioether (sulfide) groups is 1. The molecule has 152 valence electrons. The molecule has 0 bridgehead atoms. The van der Waals surface area contributed by atoms with Crippen LogP contribution in [0.1, 0.15) is 27.7 Å². The first-order valence-electron chi connectivity index (χ1n) is 8.80. The third kappa shape index (κ3) is 5.48. The van der Waals surface area contributed by atoms with Gasteiger partial charge in [-0.3, -0.25) is 4.79 Å². The summed E-state index contributed by atoms with van der Waals surface area (Å²) in [5.41, 5.74) is 3.21. The molecule has 0 aliphatic carbocycles. The van der Waals surface area contributed by atoms with E-state index in [1.165, 1.54) is 34.4 Å². The number of thiazole rings is 1. The maximum absolute atomic E-state index is 12.4. The molecule has 29 heavy (non-hydrogen) atoms. The number of benzene rings is 1. The Labute approximate surface area is 190 Å². The highest BCUT2D eigenvalue weighted by atomic mass is 79.9. The van der Waals surface area contributed by atoms with E-state index in [1.54, 1.807) is 6.92 Å². The van der Waals surface area contributed by atoms with Gasteiger partial charge in [-0.05, 0) is 38.5 Å². The molecule has 0 spiro atoms. The number of anilines is 1. The molecule has 0 saturated heterocycles. The Morgan fingerprint density at radius 3 is 2.66 bits per heavy atom. The van der Waals surface area contributed by atoms with Crippen molar-refractivity contribution >= 4 is 67.2 Å². The van der Waals surface area contributed by atoms with Gasteiger partial charge in [0, 0.05) is 20.3 Å². The predicted octanol–water partition coefficient (Wildman–Crippen LogP) is 6.16. The normalized spacial score (nSPS) is 10.8. The summed E-state index contributed by atoms with van der Waals surface area (Å²) < 4.78 is 6.96. The third-order valence-corrected chi connectivity index (χ3v) is 7.74. The molecular weight excluding hydrogens is 492 g/mol. The topological polar surface area (TPSA) is 68.3 Å². The number of hydrogen-bond acceptors (Lipinski definition) is 7. The summed E-state index contributed by atoms with van der Waals surface area (Å²) >= 11 is 7.70. The number of amides is 1. The number of aromatic nitrogens is 1. The van der Waals surface area contributed by atoms with E-state index < -0.39 is 5.97 Å². The van der Waals surface area contributed by atoms with Crippen LogP contribution in [0, 0.1) is 13.8 Å². The van der Waals surface area contributed by atoms with Crippen LogP contribution in [-0.4, -0.2) is 29.2 Å². The maximum atomic E-state index is 12.4. The molecule has 0 aliphatic rings. The second-order valence-electron chi connectivity index (χ2n) is 6.05. The first kappa shape index (κ1) is 22.0. The van der Waals surface area contributed by atoms with Crippen molar-refractivity contribution in [2.24, 2.45) is 0 Å². The zero-order chi connectivity index (χ0) is 21.0. The zero-order valence-electron chi connectivity index (χ0n) is 16.1. The van der Waals surface area contributed by atoms with Crippen LogP contribution in [0.5, 0.6) is 0 Å². The molecule has 0 aliphatic heterocycles. The van der Waals surface area contributed by atoms with E-state index in [1.807, 2.05) is 43.5 Å². The SMILES string of the molecule is CCOC(=O)c1c(NC(=O)CSc2nc(-c3ccc(Br)cc3)cs2)sc(C)c1C. The smallest absolute Gasteiger partial charge is 0.341 e. The van der Waals surface area contributed by atoms with Gasteiger partial charge >= 0.3 is 5.97 Å². The summed E-state index contributed by atoms with van der Waals surface area (Å²) in [5.74, 6) is -0.371. The Bertz CT molecular complexity index is 1030. The average Bonchev–Trinajstić information content (AvgIpc) is 3.26. The summed E-state index contributed by atoms with van der Waals surface area (Å²) in [6.07, 6.45) is 0. The molecule has 9 heteroatoms. The van der Waals surface area contributed by atoms with Gasteiger partial charge in [0.1, 0.15) is 5.00 Å². The average molecular weight is 511 g/mol. The second-order valence-corrected chi connectivity index (χ2v) is 10.3. The molecule has 3 aromatic rings. The number of carbonyl (C=O) groups excluding carboxylic acids is 2. The number of esters is 1. The van der Waals surface area contributed by atoms with Gasteiger partial charge in [-0.25, -0.2) is 9.78 Å². The highest BCUT2D eigenvalue weighted by molar-refractivity contribution is 9.10. The highest BCUT2D eigenvalue weighted by Crippen LogP contribution is 2.34. The molecule has 0 saturated carbocycles. The molecule has 2 aromatic heterocycles. The lowest BCUT2D eigenvalue weighted by Crippen LogP contribution is -2.16. The van der Waals surface area contributed by atoms with Crippen molar-refractivity contribution in [1.29, 1.82) is 0 Å². The summed E-state index contributed by atoms with van der Waals surface area (Å²) in [5, 5.41) is 5.38. The number of hydrogen-bond donors (Lipinski definition) is 1. The van der Waals surface area contributed by atoms with E-state index in [2.05, 4.69) is 26.2 Å². The lowest BCUT2D eigenvalue weighted by atomic mass is 10.1. The van der Waals surface area contributed by atoms with Crippen molar-refractivity contribution in [2.75, 3.05) is 17.7 Å². The van der Waals surface area contributed by atoms with Crippen LogP contribution in [0.4, 0.5) is 5.00 Å². The molecule has 0 unspecified atom stereocenters. The number of halogens is 1. The predicted molar refractivity (Wildman–Crippen MR) is 124 cm³/mol. The van der Waals surface area contributed by atoms with Crippen molar-refractivity contribution in [3.05, 3.63) is 50.1 Å². The Kier molecular flexibility index (Phi) is 7.50. The zero-order valence-corrected chi connectivity index (χ0v) is 20.1. The van der Waals surface area contributed by atoms with Crippen LogP contribution in [0.2, 0.25) is 0 Å². The van der Waals surface area contributed by atoms with Crippen molar-refractivity contribution in [2.45, 2.75) is 25.1 Å². The van der Waals surface area contributed by atoms with Crippen LogP contribution in [-0.2, 0) is 9.53 Å². The maximum Gasteiger partial charge on any atom is 0.341 e. The van der Waals surface area contributed by atoms with E-state index in [9.17, 15) is 9.59 Å². The number of nitrogens with zero attached hydrogens (tertiary/aromatic N) is 1. The molecule has 1 amide bonds. The van der Waals surface area contributed by atoms with Crippen molar-refractivity contribution in [3.8, 4) is 11.3 Å². The van der Waals surface area contributed by atoms with Crippen molar-refractivity contribution in [1.82, 2.24) is 4.98 Å². The largest absolute Gasteiger partial charge is 0.462 e. The minimum Gasteiger partial charge on any atom is -0.462 e. The third-order valence-electron chi connectivity index (χ3n) is 4.07. The molecule has 1 N–H and O–H groups in total. The van der Waals surface area contributed by atoms with Crippen LogP contribution >= 0.6 is 50.4 Å². The lowest BCUT2D eigenvalue weighted by Gasteiger charge is -2.06. The summed E-state index contributed by atoms with van der Waals surface area (Å²) in [7, 11) is 0. The van der Waals surface area contributed by atoms with Crippen molar-refractivity contribution in [3.63, 3.8) is 0 Å². The summed E-state index contributed by atoms with van der Waals surface area (Å²) in [4.78, 5) is 30.3. The van der Waals surface area contributed by atoms with Gasteiger partial charge in [0.05, 0.1) is 23.6 Å². The number of ether oxygens (including phenoxy) is 1. The van der Waals surface area contributed by atoms with Crippen LogP contribution in [0.3, 0.4) is 0 Å². The van der Waals surface area contributed by atoms with Crippen LogP contribution in [0.25, 0.3) is 11.3 Å². The van der Waals surface area contributed by atoms with E-state index in [0.717, 1.165) is 30.5 Å². The summed E-state index contributed by atoms with van der Waals surface area (Å²) in [6, 6.07) is 7.94. The second kappa shape index (κ2) is 9.88. The van der Waals surface area contributed by atoms with E-state index >= 15 is 0 Å². The minimum atomic E-state index is -0.406. The van der Waals surface area contributed by atoms with Gasteiger partial charge < -0.3 is 10.1 Å². The molecular formula is C20H19BrN2O3S3. The lowest BCUT2D eigenvalue weighted by molar-refractivity contribution is -0.113. The minimum absolute atomic E-state index is 0.179. The molecule has 0 atom stereocenters. The number of aryl methyl sites for hydroxylation is 1. The molecule has 5 nitrogen and oxygen atoms in total. The van der Waals surface area contributed by atoms with Gasteiger partial charge in [0.15, 0.2) is 4.34 Å². The number of nitrogens with one attached hydrogen (secondary N) is 1. The fraction of sp³-hybridized carbons (Fsp3) is 0.250. The van der Waals surface area contributed by atoms with Gasteiger partial charge in [-0.2, -0.15) is 0 Å². The standard InChI is InChI=1S/C20H19BrN2O3S3/c1-4-26-19(25)17-11(2)12(3)29-18(17)23-16(24)10-28-20-22-15(9-27-20)13-5-7-14(21)8-6-13/h5-9H,4,10H2,1-3H3,(H,23,24). The van der Waals surface area contributed by atoms with E-state index in [0.29, 0.717) is 17.2 Å². The fourth-order valence-corrected chi connectivity index (χ4v) is 5.50. The van der Waals surface area contributed by atoms with Crippen LogP contribution < -0.4 is 5.32 Å². The van der Waals surface area contributed by atoms with Gasteiger partial charge in [0.25, 0.3) is 0 Å². The molecule has 0 radical (unpaired) electrons. The molecule has 2 heterocycles. The number of thiophene rings is 1. The van der Waals surface area contributed by atoms with Gasteiger partial charge in [0.2, 0.25) is 5.91 Å². The van der Waals surface area contributed by atoms with E-state index in [-0.39, 0.29) is 11.7 Å². The Morgan fingerprint density at radius 2 is 1.97 bits per heavy atom. The highest BCUT2D eigenvalue weighted by Gasteiger charge is 2.22. The Morgan fingerprint density at radius 1 is 1.24 bits per heavy atom. The first-order valence-corrected chi connectivity index (χ1v) is 12.3. The Hall–Kier alpha value is -1.68. The summed E-state index contributed by atoms with van der Waals surface area (Å²) in [6.45, 7) is 5.84. The first-order chi connectivity index (χ1) is 13.9. The van der Waals surface area contributed by atoms with Crippen LogP contribution in [0.15, 0.2) is 38.5 Å². The molecule has 0 fully saturated rings. The van der Waals surface area contributed by atoms with E-state index in [4.69, 9.17) is 4.74 Å². The molecule has 3 rings (SSSR count). The number of rotatable bonds is 7. The number of carbonyl (C=O) groups is 2. The van der Waals surface area contributed by atoms with Crippen molar-refractivity contribution < 1.29 is 14.3 Å². The fourth-order valence-electron chi connectivity index (χ4n) is 2.53. The van der Waals surface area contributed by atoms with Gasteiger partial charge in [-0.15, -0.1) is 22.7 Å². The molecule has 1 aromatic carbocycles. The van der Waals surface area contributed by atoms with Gasteiger partial charge in [-0.1, -0.05) is 39.8 Å². The Balaban J connectivity index is 1.63. The quantitative estimate of drug-likeness (QED) is 0.304.